The number of rotatable bonds is 4. The molecule has 0 bridgehead atoms. The number of nitrogens with zero attached hydrogens (tertiary/aromatic N) is 2. The normalized spacial score (nSPS) is 13.6. The van der Waals surface area contributed by atoms with E-state index in [-0.39, 0.29) is 23.0 Å². The molecule has 0 radical (unpaired) electrons. The lowest BCUT2D eigenvalue weighted by Crippen LogP contribution is -2.61. The van der Waals surface area contributed by atoms with Gasteiger partial charge in [-0.2, -0.15) is 0 Å². The quantitative estimate of drug-likeness (QED) is 0.162. The van der Waals surface area contributed by atoms with E-state index in [1.54, 1.807) is 0 Å². The van der Waals surface area contributed by atoms with E-state index in [1.807, 2.05) is 22.7 Å². The first-order valence-corrected chi connectivity index (χ1v) is 26.8. The van der Waals surface area contributed by atoms with E-state index in [0.29, 0.717) is 0 Å². The minimum absolute atomic E-state index is 0.0172. The van der Waals surface area contributed by atoms with Gasteiger partial charge in [0.2, 0.25) is 0 Å². The van der Waals surface area contributed by atoms with Gasteiger partial charge in [0.25, 0.3) is 6.71 Å². The molecule has 71 heavy (non-hydrogen) atoms. The molecule has 11 aromatic rings. The average Bonchev–Trinajstić information content (AvgIpc) is 3.94. The number of thiophene rings is 2. The van der Waals surface area contributed by atoms with Crippen molar-refractivity contribution in [2.75, 3.05) is 9.80 Å². The van der Waals surface area contributed by atoms with E-state index >= 15 is 0 Å². The topological polar surface area (TPSA) is 6.48 Å². The summed E-state index contributed by atoms with van der Waals surface area (Å²) >= 11 is 3.76. The molecule has 13 rings (SSSR count). The molecular weight excluding hydrogens is 896 g/mol. The Morgan fingerprint density at radius 1 is 0.352 bits per heavy atom. The van der Waals surface area contributed by atoms with Gasteiger partial charge in [-0.05, 0) is 144 Å². The number of hydrogen-bond acceptors (Lipinski definition) is 4. The number of fused-ring (bicyclic) bond motifs is 10. The molecule has 0 unspecified atom stereocenters. The summed E-state index contributed by atoms with van der Waals surface area (Å²) in [6.07, 6.45) is 0. The van der Waals surface area contributed by atoms with Crippen molar-refractivity contribution in [3.05, 3.63) is 199 Å². The molecule has 4 heterocycles. The van der Waals surface area contributed by atoms with Crippen LogP contribution in [0, 0.1) is 0 Å². The van der Waals surface area contributed by atoms with Crippen molar-refractivity contribution in [2.24, 2.45) is 0 Å². The highest BCUT2D eigenvalue weighted by Crippen LogP contribution is 2.49. The summed E-state index contributed by atoms with van der Waals surface area (Å²) in [5.74, 6) is 0. The van der Waals surface area contributed by atoms with Crippen molar-refractivity contribution < 1.29 is 0 Å². The Morgan fingerprint density at radius 2 is 0.746 bits per heavy atom. The van der Waals surface area contributed by atoms with Crippen LogP contribution in [0.5, 0.6) is 0 Å². The Kier molecular flexibility index (Phi) is 9.80. The highest BCUT2D eigenvalue weighted by atomic mass is 32.1. The van der Waals surface area contributed by atoms with Crippen molar-refractivity contribution in [1.29, 1.82) is 0 Å². The molecule has 5 heteroatoms. The van der Waals surface area contributed by atoms with Crippen LogP contribution >= 0.6 is 22.7 Å². The second-order valence-electron chi connectivity index (χ2n) is 23.0. The van der Waals surface area contributed by atoms with E-state index in [4.69, 9.17) is 0 Å². The van der Waals surface area contributed by atoms with Crippen molar-refractivity contribution in [3.8, 4) is 22.3 Å². The number of hydrogen-bond donors (Lipinski definition) is 0. The lowest BCUT2D eigenvalue weighted by molar-refractivity contribution is 0.590. The maximum Gasteiger partial charge on any atom is 0.252 e. The zero-order valence-electron chi connectivity index (χ0n) is 42.1. The van der Waals surface area contributed by atoms with E-state index in [2.05, 4.69) is 254 Å². The zero-order chi connectivity index (χ0) is 48.7. The minimum atomic E-state index is -0.122. The Morgan fingerprint density at radius 3 is 1.15 bits per heavy atom. The van der Waals surface area contributed by atoms with Gasteiger partial charge < -0.3 is 9.80 Å². The van der Waals surface area contributed by atoms with E-state index < -0.39 is 0 Å². The van der Waals surface area contributed by atoms with Crippen molar-refractivity contribution in [2.45, 2.75) is 78.6 Å². The van der Waals surface area contributed by atoms with Gasteiger partial charge in [-0.1, -0.05) is 172 Å². The predicted octanol–water partition coefficient (Wildman–Crippen LogP) is 17.7. The van der Waals surface area contributed by atoms with Crippen molar-refractivity contribution in [3.63, 3.8) is 0 Å². The molecule has 0 amide bonds. The number of anilines is 6. The standard InChI is InChI=1S/C66H57BN2S2/c1-64(2,3)42-28-34-53-51(36-42)67-52-37-43(65(4,5)6)29-35-54(52)69(46-32-26-41(27-33-46)48-19-15-23-60-62(48)50-17-11-13-21-58(50)71-60)56-39-44(66(7,8)9)38-55(63(56)67)68(53)45-30-24-40(25-31-45)47-18-14-22-59-61(47)49-16-10-12-20-57(49)70-59/h10-39H,1-9H3. The highest BCUT2D eigenvalue weighted by Gasteiger charge is 2.45. The summed E-state index contributed by atoms with van der Waals surface area (Å²) in [6.45, 7) is 21.2. The van der Waals surface area contributed by atoms with Crippen LogP contribution in [0.4, 0.5) is 34.1 Å². The lowest BCUT2D eigenvalue weighted by atomic mass is 9.33. The van der Waals surface area contributed by atoms with Crippen LogP contribution in [0.1, 0.15) is 79.0 Å². The smallest absolute Gasteiger partial charge is 0.252 e. The maximum absolute atomic E-state index is 2.59. The van der Waals surface area contributed by atoms with E-state index in [0.717, 1.165) is 11.4 Å². The zero-order valence-corrected chi connectivity index (χ0v) is 43.7. The summed E-state index contributed by atoms with van der Waals surface area (Å²) < 4.78 is 5.31. The van der Waals surface area contributed by atoms with Crippen LogP contribution in [0.25, 0.3) is 62.6 Å². The molecule has 0 fully saturated rings. The highest BCUT2D eigenvalue weighted by molar-refractivity contribution is 7.26. The third-order valence-corrected chi connectivity index (χ3v) is 17.6. The van der Waals surface area contributed by atoms with Crippen molar-refractivity contribution in [1.82, 2.24) is 0 Å². The van der Waals surface area contributed by atoms with Gasteiger partial charge in [-0.15, -0.1) is 22.7 Å². The van der Waals surface area contributed by atoms with Gasteiger partial charge in [-0.3, -0.25) is 0 Å². The third kappa shape index (κ3) is 7.02. The Bertz CT molecular complexity index is 3700. The fraction of sp³-hybridized carbons (Fsp3) is 0.182. The monoisotopic (exact) mass is 952 g/mol. The third-order valence-electron chi connectivity index (χ3n) is 15.3. The predicted molar refractivity (Wildman–Crippen MR) is 313 cm³/mol. The fourth-order valence-corrected chi connectivity index (χ4v) is 13.8. The van der Waals surface area contributed by atoms with Gasteiger partial charge >= 0.3 is 0 Å². The molecule has 0 saturated heterocycles. The SMILES string of the molecule is CC(C)(C)c1ccc2c(c1)B1c3cc(C(C)(C)C)ccc3N(c3ccc(-c4cccc5sc6ccccc6c45)cc3)c3cc(C(C)(C)C)cc(c31)N2c1ccc(-c2cccc3sc4ccccc4c23)cc1. The first-order valence-electron chi connectivity index (χ1n) is 25.2. The van der Waals surface area contributed by atoms with Crippen LogP contribution in [0.3, 0.4) is 0 Å². The van der Waals surface area contributed by atoms with Crippen LogP contribution < -0.4 is 26.2 Å². The second kappa shape index (κ2) is 15.8. The van der Waals surface area contributed by atoms with E-state index in [1.165, 1.54) is 118 Å². The average molecular weight is 953 g/mol. The Labute approximate surface area is 426 Å². The molecule has 2 aromatic heterocycles. The van der Waals surface area contributed by atoms with Gasteiger partial charge in [0.1, 0.15) is 0 Å². The van der Waals surface area contributed by atoms with Gasteiger partial charge in [0, 0.05) is 74.5 Å². The molecule has 2 aliphatic rings. The van der Waals surface area contributed by atoms with E-state index in [9.17, 15) is 0 Å². The van der Waals surface area contributed by atoms with Crippen molar-refractivity contribution >= 4 is 120 Å². The van der Waals surface area contributed by atoms with Gasteiger partial charge in [-0.25, -0.2) is 0 Å². The van der Waals surface area contributed by atoms with Crippen LogP contribution in [0.15, 0.2) is 182 Å². The maximum atomic E-state index is 2.59. The number of benzene rings is 9. The van der Waals surface area contributed by atoms with Crippen LogP contribution in [0.2, 0.25) is 0 Å². The summed E-state index contributed by atoms with van der Waals surface area (Å²) in [4.78, 5) is 5.17. The fourth-order valence-electron chi connectivity index (χ4n) is 11.5. The van der Waals surface area contributed by atoms with Gasteiger partial charge in [0.15, 0.2) is 0 Å². The lowest BCUT2D eigenvalue weighted by Gasteiger charge is -2.45. The molecule has 9 aromatic carbocycles. The molecule has 0 N–H and O–H groups in total. The molecule has 346 valence electrons. The summed E-state index contributed by atoms with van der Waals surface area (Å²) in [5, 5.41) is 5.33. The molecule has 0 spiro atoms. The summed E-state index contributed by atoms with van der Waals surface area (Å²) in [7, 11) is 0. The van der Waals surface area contributed by atoms with Crippen LogP contribution in [-0.4, -0.2) is 6.71 Å². The molecule has 2 aliphatic heterocycles. The Hall–Kier alpha value is -6.92. The largest absolute Gasteiger partial charge is 0.311 e. The first-order chi connectivity index (χ1) is 34.1. The second-order valence-corrected chi connectivity index (χ2v) is 25.1. The molecule has 2 nitrogen and oxygen atoms in total. The van der Waals surface area contributed by atoms with Gasteiger partial charge in [0.05, 0.1) is 0 Å². The minimum Gasteiger partial charge on any atom is -0.311 e. The first kappa shape index (κ1) is 44.1. The Balaban J connectivity index is 1.04. The summed E-state index contributed by atoms with van der Waals surface area (Å²) in [6, 6.07) is 69.8. The molecule has 0 saturated carbocycles. The van der Waals surface area contributed by atoms with Crippen LogP contribution in [-0.2, 0) is 16.2 Å². The summed E-state index contributed by atoms with van der Waals surface area (Å²) in [5.41, 5.74) is 20.2. The molecule has 0 aliphatic carbocycles. The molecule has 0 atom stereocenters. The molecular formula is C66H57BN2S2.